The Bertz CT molecular complexity index is 476. The van der Waals surface area contributed by atoms with E-state index in [4.69, 9.17) is 20.6 Å². The molecule has 0 heterocycles. The van der Waals surface area contributed by atoms with E-state index in [1.54, 1.807) is 20.8 Å². The van der Waals surface area contributed by atoms with Crippen molar-refractivity contribution in [2.45, 2.75) is 70.6 Å². The Balaban J connectivity index is 2.69. The molecule has 25 heavy (non-hydrogen) atoms. The van der Waals surface area contributed by atoms with Gasteiger partial charge < -0.3 is 25.8 Å². The van der Waals surface area contributed by atoms with Gasteiger partial charge in [-0.1, -0.05) is 6.42 Å². The Hall–Kier alpha value is -1.83. The van der Waals surface area contributed by atoms with Crippen LogP contribution in [0.25, 0.3) is 0 Å². The van der Waals surface area contributed by atoms with Gasteiger partial charge in [-0.3, -0.25) is 10.2 Å². The van der Waals surface area contributed by atoms with Gasteiger partial charge in [0.15, 0.2) is 5.90 Å². The number of hydrogen-bond acceptors (Lipinski definition) is 6. The molecule has 2 amide bonds. The molecule has 1 saturated carbocycles. The number of alkyl carbamates (subject to hydrolysis) is 1. The quantitative estimate of drug-likeness (QED) is 0.406. The molecule has 0 aliphatic heterocycles. The summed E-state index contributed by atoms with van der Waals surface area (Å²) in [6.07, 6.45) is 2.94. The number of hydrogen-bond donors (Lipinski definition) is 4. The van der Waals surface area contributed by atoms with Gasteiger partial charge in [-0.2, -0.15) is 0 Å². The molecule has 0 spiro atoms. The van der Waals surface area contributed by atoms with Crippen LogP contribution < -0.4 is 16.4 Å². The van der Waals surface area contributed by atoms with Gasteiger partial charge in [0.2, 0.25) is 5.91 Å². The van der Waals surface area contributed by atoms with Crippen LogP contribution in [0.4, 0.5) is 4.79 Å². The van der Waals surface area contributed by atoms with Gasteiger partial charge in [0.25, 0.3) is 0 Å². The lowest BCUT2D eigenvalue weighted by Crippen LogP contribution is -2.52. The highest BCUT2D eigenvalue weighted by Gasteiger charge is 2.34. The molecule has 8 heteroatoms. The van der Waals surface area contributed by atoms with Crippen LogP contribution >= 0.6 is 0 Å². The van der Waals surface area contributed by atoms with Gasteiger partial charge in [-0.05, 0) is 53.0 Å². The van der Waals surface area contributed by atoms with Crippen molar-refractivity contribution in [3.05, 3.63) is 0 Å². The molecule has 0 aromatic rings. The lowest BCUT2D eigenvalue weighted by atomic mass is 10.0. The third-order valence-electron chi connectivity index (χ3n) is 4.10. The average Bonchev–Trinajstić information content (AvgIpc) is 2.96. The Morgan fingerprint density at radius 1 is 1.32 bits per heavy atom. The minimum absolute atomic E-state index is 0.120. The van der Waals surface area contributed by atoms with Crippen LogP contribution in [0.5, 0.6) is 0 Å². The topological polar surface area (TPSA) is 127 Å². The van der Waals surface area contributed by atoms with E-state index >= 15 is 0 Å². The van der Waals surface area contributed by atoms with Gasteiger partial charge in [0.1, 0.15) is 11.6 Å². The number of carbonyl (C=O) groups excluding carboxylic acids is 2. The molecule has 3 atom stereocenters. The number of nitrogens with two attached hydrogens (primary N) is 1. The minimum atomic E-state index is -0.712. The first-order valence-corrected chi connectivity index (χ1v) is 8.80. The van der Waals surface area contributed by atoms with Crippen LogP contribution in [0.3, 0.4) is 0 Å². The van der Waals surface area contributed by atoms with E-state index in [9.17, 15) is 9.59 Å². The number of methoxy groups -OCH3 is 1. The second-order valence-electron chi connectivity index (χ2n) is 7.35. The fourth-order valence-electron chi connectivity index (χ4n) is 2.92. The molecule has 1 rings (SSSR count). The summed E-state index contributed by atoms with van der Waals surface area (Å²) in [5.74, 6) is -0.216. The molecule has 1 aliphatic carbocycles. The van der Waals surface area contributed by atoms with E-state index in [1.165, 1.54) is 7.11 Å². The van der Waals surface area contributed by atoms with Gasteiger partial charge in [-0.15, -0.1) is 0 Å². The van der Waals surface area contributed by atoms with Crippen LogP contribution in [0.2, 0.25) is 0 Å². The van der Waals surface area contributed by atoms with Crippen LogP contribution in [0.1, 0.15) is 52.9 Å². The number of nitrogens with one attached hydrogen (secondary N) is 3. The molecular weight excluding hydrogens is 324 g/mol. The zero-order valence-electron chi connectivity index (χ0n) is 15.7. The van der Waals surface area contributed by atoms with E-state index in [0.29, 0.717) is 19.4 Å². The fourth-order valence-corrected chi connectivity index (χ4v) is 2.92. The van der Waals surface area contributed by atoms with Crippen molar-refractivity contribution in [2.24, 2.45) is 11.7 Å². The zero-order valence-corrected chi connectivity index (χ0v) is 15.7. The molecule has 0 aromatic carbocycles. The summed E-state index contributed by atoms with van der Waals surface area (Å²) in [5, 5.41) is 13.4. The van der Waals surface area contributed by atoms with Crippen molar-refractivity contribution in [2.75, 3.05) is 13.7 Å². The smallest absolute Gasteiger partial charge is 0.408 e. The van der Waals surface area contributed by atoms with Gasteiger partial charge in [-0.25, -0.2) is 4.79 Å². The van der Waals surface area contributed by atoms with Crippen LogP contribution in [0, 0.1) is 11.3 Å². The molecule has 144 valence electrons. The summed E-state index contributed by atoms with van der Waals surface area (Å²) in [7, 11) is 1.47. The maximum Gasteiger partial charge on any atom is 0.408 e. The van der Waals surface area contributed by atoms with E-state index in [0.717, 1.165) is 19.3 Å². The number of ether oxygens (including phenoxy) is 2. The first-order valence-electron chi connectivity index (χ1n) is 8.80. The molecular formula is C17H32N4O4. The van der Waals surface area contributed by atoms with E-state index in [-0.39, 0.29) is 23.8 Å². The number of amides is 2. The molecule has 5 N–H and O–H groups in total. The highest BCUT2D eigenvalue weighted by atomic mass is 16.6. The van der Waals surface area contributed by atoms with E-state index in [2.05, 4.69) is 10.6 Å². The maximum atomic E-state index is 12.6. The van der Waals surface area contributed by atoms with E-state index in [1.807, 2.05) is 0 Å². The lowest BCUT2D eigenvalue weighted by molar-refractivity contribution is -0.124. The monoisotopic (exact) mass is 356 g/mol. The molecule has 3 unspecified atom stereocenters. The van der Waals surface area contributed by atoms with Crippen molar-refractivity contribution in [3.63, 3.8) is 0 Å². The van der Waals surface area contributed by atoms with E-state index < -0.39 is 17.7 Å². The standard InChI is InChI=1S/C17H32N4O4/c1-17(2,3)25-16(23)21-13(9-6-10-18)15(22)20-12-8-5-7-11(12)14(19)24-4/h11-13,19H,5-10,18H2,1-4H3,(H,20,22)(H,21,23). The van der Waals surface area contributed by atoms with Gasteiger partial charge in [0, 0.05) is 6.04 Å². The Morgan fingerprint density at radius 3 is 2.56 bits per heavy atom. The highest BCUT2D eigenvalue weighted by Crippen LogP contribution is 2.27. The summed E-state index contributed by atoms with van der Waals surface area (Å²) < 4.78 is 10.2. The van der Waals surface area contributed by atoms with Crippen molar-refractivity contribution in [3.8, 4) is 0 Å². The molecule has 8 nitrogen and oxygen atoms in total. The third-order valence-corrected chi connectivity index (χ3v) is 4.10. The molecule has 1 fully saturated rings. The van der Waals surface area contributed by atoms with Crippen LogP contribution in [0.15, 0.2) is 0 Å². The zero-order chi connectivity index (χ0) is 19.0. The summed E-state index contributed by atoms with van der Waals surface area (Å²) in [6, 6.07) is -0.864. The largest absolute Gasteiger partial charge is 0.484 e. The second-order valence-corrected chi connectivity index (χ2v) is 7.35. The first-order chi connectivity index (χ1) is 11.7. The van der Waals surface area contributed by atoms with Crippen molar-refractivity contribution in [1.82, 2.24) is 10.6 Å². The number of carbonyl (C=O) groups is 2. The van der Waals surface area contributed by atoms with Gasteiger partial charge in [0.05, 0.1) is 13.0 Å². The lowest BCUT2D eigenvalue weighted by Gasteiger charge is -2.26. The van der Waals surface area contributed by atoms with Gasteiger partial charge >= 0.3 is 6.09 Å². The molecule has 0 saturated heterocycles. The highest BCUT2D eigenvalue weighted by molar-refractivity contribution is 5.86. The van der Waals surface area contributed by atoms with Crippen molar-refractivity contribution in [1.29, 1.82) is 5.41 Å². The fraction of sp³-hybridized carbons (Fsp3) is 0.824. The first kappa shape index (κ1) is 21.2. The molecule has 1 aliphatic rings. The van der Waals surface area contributed by atoms with Crippen molar-refractivity contribution >= 4 is 17.9 Å². The maximum absolute atomic E-state index is 12.6. The number of rotatable bonds is 7. The Labute approximate surface area is 149 Å². The summed E-state index contributed by atoms with van der Waals surface area (Å²) in [6.45, 7) is 5.73. The SMILES string of the molecule is COC(=N)C1CCCC1NC(=O)C(CCCN)NC(=O)OC(C)(C)C. The Morgan fingerprint density at radius 2 is 2.00 bits per heavy atom. The van der Waals surface area contributed by atoms with Crippen LogP contribution in [-0.4, -0.2) is 49.2 Å². The second kappa shape index (κ2) is 9.60. The average molecular weight is 356 g/mol. The Kier molecular flexibility index (Phi) is 8.15. The third kappa shape index (κ3) is 7.29. The normalized spacial score (nSPS) is 21.3. The molecule has 0 bridgehead atoms. The predicted molar refractivity (Wildman–Crippen MR) is 95.5 cm³/mol. The summed E-state index contributed by atoms with van der Waals surface area (Å²) >= 11 is 0. The summed E-state index contributed by atoms with van der Waals surface area (Å²) in [5.41, 5.74) is 4.90. The molecule has 0 radical (unpaired) electrons. The molecule has 0 aromatic heterocycles. The summed E-state index contributed by atoms with van der Waals surface area (Å²) in [4.78, 5) is 24.6. The predicted octanol–water partition coefficient (Wildman–Crippen LogP) is 1.53. The minimum Gasteiger partial charge on any atom is -0.484 e. The van der Waals surface area contributed by atoms with Crippen LogP contribution in [-0.2, 0) is 14.3 Å². The van der Waals surface area contributed by atoms with Crippen molar-refractivity contribution < 1.29 is 19.1 Å².